The molecule has 0 bridgehead atoms. The Morgan fingerprint density at radius 2 is 2.18 bits per heavy atom. The number of aromatic nitrogens is 3. The van der Waals surface area contributed by atoms with Crippen molar-refractivity contribution >= 4 is 17.3 Å². The van der Waals surface area contributed by atoms with Gasteiger partial charge in [-0.25, -0.2) is 4.68 Å². The predicted octanol–water partition coefficient (Wildman–Crippen LogP) is -0.284. The van der Waals surface area contributed by atoms with Crippen LogP contribution in [0.1, 0.15) is 6.92 Å². The molecule has 2 N–H and O–H groups in total. The van der Waals surface area contributed by atoms with Gasteiger partial charge in [0.05, 0.1) is 0 Å². The molecule has 0 unspecified atom stereocenters. The molecule has 6 heteroatoms. The first-order valence-electron chi connectivity index (χ1n) is 3.22. The van der Waals surface area contributed by atoms with Gasteiger partial charge in [0.15, 0.2) is 5.11 Å². The molecule has 0 fully saturated rings. The SMILES string of the molecule is CCNC(=S)Nn1cnnc1. The van der Waals surface area contributed by atoms with Gasteiger partial charge in [-0.3, -0.25) is 5.43 Å². The Morgan fingerprint density at radius 1 is 1.55 bits per heavy atom. The fraction of sp³-hybridized carbons (Fsp3) is 0.400. The lowest BCUT2D eigenvalue weighted by molar-refractivity contribution is 0.913. The summed E-state index contributed by atoms with van der Waals surface area (Å²) in [4.78, 5) is 0. The summed E-state index contributed by atoms with van der Waals surface area (Å²) in [7, 11) is 0. The van der Waals surface area contributed by atoms with Crippen LogP contribution in [-0.4, -0.2) is 26.5 Å². The van der Waals surface area contributed by atoms with E-state index in [1.54, 1.807) is 4.68 Å². The third kappa shape index (κ3) is 2.50. The summed E-state index contributed by atoms with van der Waals surface area (Å²) < 4.78 is 1.57. The molecule has 11 heavy (non-hydrogen) atoms. The van der Waals surface area contributed by atoms with Gasteiger partial charge in [0, 0.05) is 6.54 Å². The van der Waals surface area contributed by atoms with Crippen molar-refractivity contribution in [3.63, 3.8) is 0 Å². The molecular weight excluding hydrogens is 162 g/mol. The molecule has 0 aromatic carbocycles. The lowest BCUT2D eigenvalue weighted by atomic mass is 10.7. The molecule has 5 nitrogen and oxygen atoms in total. The molecular formula is C5H9N5S. The summed E-state index contributed by atoms with van der Waals surface area (Å²) >= 11 is 4.90. The van der Waals surface area contributed by atoms with Crippen LogP contribution >= 0.6 is 12.2 Å². The van der Waals surface area contributed by atoms with Crippen molar-refractivity contribution in [2.75, 3.05) is 12.0 Å². The minimum Gasteiger partial charge on any atom is -0.362 e. The van der Waals surface area contributed by atoms with E-state index >= 15 is 0 Å². The summed E-state index contributed by atoms with van der Waals surface area (Å²) in [6, 6.07) is 0. The van der Waals surface area contributed by atoms with E-state index in [2.05, 4.69) is 20.9 Å². The number of nitrogens with one attached hydrogen (secondary N) is 2. The zero-order chi connectivity index (χ0) is 8.10. The van der Waals surface area contributed by atoms with Crippen LogP contribution in [0.25, 0.3) is 0 Å². The molecule has 0 radical (unpaired) electrons. The van der Waals surface area contributed by atoms with Gasteiger partial charge in [-0.05, 0) is 19.1 Å². The van der Waals surface area contributed by atoms with Gasteiger partial charge in [-0.1, -0.05) is 0 Å². The number of hydrogen-bond donors (Lipinski definition) is 2. The van der Waals surface area contributed by atoms with Crippen LogP contribution in [0.4, 0.5) is 0 Å². The van der Waals surface area contributed by atoms with E-state index in [1.165, 1.54) is 12.7 Å². The van der Waals surface area contributed by atoms with Gasteiger partial charge in [0.2, 0.25) is 0 Å². The predicted molar refractivity (Wildman–Crippen MR) is 45.7 cm³/mol. The molecule has 1 heterocycles. The van der Waals surface area contributed by atoms with Gasteiger partial charge in [-0.2, -0.15) is 0 Å². The van der Waals surface area contributed by atoms with E-state index in [0.717, 1.165) is 6.54 Å². The first-order valence-corrected chi connectivity index (χ1v) is 3.63. The summed E-state index contributed by atoms with van der Waals surface area (Å²) in [6.45, 7) is 2.77. The van der Waals surface area contributed by atoms with E-state index in [9.17, 15) is 0 Å². The van der Waals surface area contributed by atoms with Crippen LogP contribution in [-0.2, 0) is 0 Å². The average Bonchev–Trinajstić information content (AvgIpc) is 2.40. The van der Waals surface area contributed by atoms with Crippen molar-refractivity contribution < 1.29 is 0 Å². The van der Waals surface area contributed by atoms with Gasteiger partial charge < -0.3 is 5.32 Å². The van der Waals surface area contributed by atoms with Crippen molar-refractivity contribution in [1.82, 2.24) is 20.2 Å². The maximum absolute atomic E-state index is 4.90. The van der Waals surface area contributed by atoms with Crippen LogP contribution < -0.4 is 10.7 Å². The molecule has 0 saturated heterocycles. The lowest BCUT2D eigenvalue weighted by Crippen LogP contribution is -2.32. The van der Waals surface area contributed by atoms with Gasteiger partial charge >= 0.3 is 0 Å². The van der Waals surface area contributed by atoms with Crippen molar-refractivity contribution in [1.29, 1.82) is 0 Å². The van der Waals surface area contributed by atoms with Crippen molar-refractivity contribution in [3.8, 4) is 0 Å². The number of hydrogen-bond acceptors (Lipinski definition) is 3. The van der Waals surface area contributed by atoms with E-state index in [4.69, 9.17) is 12.2 Å². The molecule has 1 rings (SSSR count). The summed E-state index contributed by atoms with van der Waals surface area (Å²) in [5, 5.41) is 10.7. The minimum atomic E-state index is 0.562. The minimum absolute atomic E-state index is 0.562. The van der Waals surface area contributed by atoms with Crippen molar-refractivity contribution in [2.24, 2.45) is 0 Å². The van der Waals surface area contributed by atoms with E-state index in [-0.39, 0.29) is 0 Å². The Bertz CT molecular complexity index is 219. The number of rotatable bonds is 2. The average molecular weight is 171 g/mol. The summed E-state index contributed by atoms with van der Waals surface area (Å²) in [5.41, 5.74) is 2.83. The standard InChI is InChI=1S/C5H9N5S/c1-2-6-5(11)9-10-3-7-8-4-10/h3-4H,2H2,1H3,(H2,6,9,11). The Hall–Kier alpha value is -1.17. The smallest absolute Gasteiger partial charge is 0.185 e. The first kappa shape index (κ1) is 7.93. The topological polar surface area (TPSA) is 54.8 Å². The highest BCUT2D eigenvalue weighted by atomic mass is 32.1. The second kappa shape index (κ2) is 3.87. The summed E-state index contributed by atoms with van der Waals surface area (Å²) in [6.07, 6.45) is 3.06. The van der Waals surface area contributed by atoms with Crippen LogP contribution in [0.3, 0.4) is 0 Å². The van der Waals surface area contributed by atoms with E-state index < -0.39 is 0 Å². The molecule has 0 aliphatic carbocycles. The maximum Gasteiger partial charge on any atom is 0.185 e. The Labute approximate surface area is 69.8 Å². The Balaban J connectivity index is 2.37. The second-order valence-corrected chi connectivity index (χ2v) is 2.25. The molecule has 60 valence electrons. The molecule has 0 amide bonds. The van der Waals surface area contributed by atoms with Gasteiger partial charge in [0.1, 0.15) is 12.7 Å². The highest BCUT2D eigenvalue weighted by Crippen LogP contribution is 1.75. The van der Waals surface area contributed by atoms with Gasteiger partial charge in [-0.15, -0.1) is 10.2 Å². The number of nitrogens with zero attached hydrogens (tertiary/aromatic N) is 3. The monoisotopic (exact) mass is 171 g/mol. The molecule has 0 saturated carbocycles. The lowest BCUT2D eigenvalue weighted by Gasteiger charge is -2.06. The fourth-order valence-electron chi connectivity index (χ4n) is 0.576. The highest BCUT2D eigenvalue weighted by molar-refractivity contribution is 7.80. The third-order valence-electron chi connectivity index (χ3n) is 0.987. The van der Waals surface area contributed by atoms with Crippen LogP contribution in [0.5, 0.6) is 0 Å². The second-order valence-electron chi connectivity index (χ2n) is 1.84. The normalized spacial score (nSPS) is 9.18. The van der Waals surface area contributed by atoms with Crippen molar-refractivity contribution in [2.45, 2.75) is 6.92 Å². The van der Waals surface area contributed by atoms with Crippen molar-refractivity contribution in [3.05, 3.63) is 12.7 Å². The molecule has 1 aromatic heterocycles. The zero-order valence-electron chi connectivity index (χ0n) is 6.11. The molecule has 1 aromatic rings. The third-order valence-corrected chi connectivity index (χ3v) is 1.22. The fourth-order valence-corrected chi connectivity index (χ4v) is 0.826. The Morgan fingerprint density at radius 3 is 2.73 bits per heavy atom. The highest BCUT2D eigenvalue weighted by Gasteiger charge is 1.91. The quantitative estimate of drug-likeness (QED) is 0.599. The Kier molecular flexibility index (Phi) is 2.79. The molecule has 0 spiro atoms. The largest absolute Gasteiger partial charge is 0.362 e. The van der Waals surface area contributed by atoms with Crippen LogP contribution in [0.15, 0.2) is 12.7 Å². The molecule has 0 atom stereocenters. The number of thiocarbonyl (C=S) groups is 1. The van der Waals surface area contributed by atoms with E-state index in [1.807, 2.05) is 6.92 Å². The molecule has 0 aliphatic rings. The summed E-state index contributed by atoms with van der Waals surface area (Å²) in [5.74, 6) is 0. The molecule has 0 aliphatic heterocycles. The maximum atomic E-state index is 4.90. The van der Waals surface area contributed by atoms with Crippen LogP contribution in [0, 0.1) is 0 Å². The van der Waals surface area contributed by atoms with Crippen LogP contribution in [0.2, 0.25) is 0 Å². The first-order chi connectivity index (χ1) is 5.33. The zero-order valence-corrected chi connectivity index (χ0v) is 6.93. The van der Waals surface area contributed by atoms with Gasteiger partial charge in [0.25, 0.3) is 0 Å². The van der Waals surface area contributed by atoms with E-state index in [0.29, 0.717) is 5.11 Å².